The van der Waals surface area contributed by atoms with Crippen molar-refractivity contribution in [1.29, 1.82) is 0 Å². The summed E-state index contributed by atoms with van der Waals surface area (Å²) in [6, 6.07) is 18.5. The summed E-state index contributed by atoms with van der Waals surface area (Å²) in [7, 11) is 0. The van der Waals surface area contributed by atoms with Gasteiger partial charge in [0.15, 0.2) is 17.0 Å². The largest absolute Gasteiger partial charge is 0.433 e. The Morgan fingerprint density at radius 3 is 2.29 bits per heavy atom. The van der Waals surface area contributed by atoms with Crippen LogP contribution in [0.3, 0.4) is 0 Å². The minimum Gasteiger partial charge on any atom is -0.332 e. The third-order valence-corrected chi connectivity index (χ3v) is 4.74. The first-order chi connectivity index (χ1) is 14.9. The Bertz CT molecular complexity index is 1370. The summed E-state index contributed by atoms with van der Waals surface area (Å²) in [6.07, 6.45) is -4.63. The topological polar surface area (TPSA) is 69.1 Å². The Morgan fingerprint density at radius 2 is 1.58 bits per heavy atom. The Hall–Kier alpha value is -4.01. The van der Waals surface area contributed by atoms with Gasteiger partial charge >= 0.3 is 6.18 Å². The highest BCUT2D eigenvalue weighted by Crippen LogP contribution is 2.33. The van der Waals surface area contributed by atoms with Crippen LogP contribution in [0.4, 0.5) is 13.2 Å². The Labute approximate surface area is 174 Å². The average Bonchev–Trinajstić information content (AvgIpc) is 3.40. The van der Waals surface area contributed by atoms with Crippen LogP contribution >= 0.6 is 0 Å². The fourth-order valence-corrected chi connectivity index (χ4v) is 3.19. The van der Waals surface area contributed by atoms with Crippen LogP contribution in [0.1, 0.15) is 11.3 Å². The molecule has 154 valence electrons. The predicted octanol–water partition coefficient (Wildman–Crippen LogP) is 5.44. The van der Waals surface area contributed by atoms with Crippen molar-refractivity contribution in [2.45, 2.75) is 13.1 Å². The summed E-state index contributed by atoms with van der Waals surface area (Å²) in [4.78, 5) is 8.64. The lowest BCUT2D eigenvalue weighted by atomic mass is 10.1. The molecule has 0 bridgehead atoms. The van der Waals surface area contributed by atoms with Crippen molar-refractivity contribution in [3.05, 3.63) is 78.0 Å². The van der Waals surface area contributed by atoms with Gasteiger partial charge in [-0.25, -0.2) is 9.50 Å². The normalized spacial score (nSPS) is 11.9. The van der Waals surface area contributed by atoms with Gasteiger partial charge in [-0.15, -0.1) is 0 Å². The van der Waals surface area contributed by atoms with E-state index in [2.05, 4.69) is 20.2 Å². The molecule has 31 heavy (non-hydrogen) atoms. The van der Waals surface area contributed by atoms with Crippen molar-refractivity contribution in [1.82, 2.24) is 24.7 Å². The fraction of sp³-hybridized carbons (Fsp3) is 0.0909. The molecule has 0 radical (unpaired) electrons. The van der Waals surface area contributed by atoms with E-state index in [-0.39, 0.29) is 22.9 Å². The average molecular weight is 421 g/mol. The predicted molar refractivity (Wildman–Crippen MR) is 107 cm³/mol. The third kappa shape index (κ3) is 3.54. The summed E-state index contributed by atoms with van der Waals surface area (Å²) in [5, 5.41) is 7.96. The zero-order valence-electron chi connectivity index (χ0n) is 16.1. The molecule has 0 saturated heterocycles. The molecule has 2 aromatic carbocycles. The van der Waals surface area contributed by atoms with E-state index >= 15 is 0 Å². The molecule has 9 heteroatoms. The number of aromatic nitrogens is 5. The van der Waals surface area contributed by atoms with E-state index in [9.17, 15) is 13.2 Å². The number of alkyl halides is 3. The molecular formula is C22H14F3N5O. The van der Waals surface area contributed by atoms with Crippen LogP contribution in [-0.2, 0) is 6.18 Å². The van der Waals surface area contributed by atoms with E-state index in [4.69, 9.17) is 4.52 Å². The maximum Gasteiger partial charge on any atom is 0.433 e. The smallest absolute Gasteiger partial charge is 0.332 e. The maximum atomic E-state index is 13.7. The SMILES string of the molecule is Cc1ccc(-c2noc(-c3cc4nc(-c5ccccc5)cc(C(F)(F)F)n4n3)n2)cc1. The molecule has 0 atom stereocenters. The molecule has 6 nitrogen and oxygen atoms in total. The number of hydrogen-bond donors (Lipinski definition) is 0. The Kier molecular flexibility index (Phi) is 4.32. The van der Waals surface area contributed by atoms with Gasteiger partial charge in [-0.05, 0) is 13.0 Å². The first-order valence-electron chi connectivity index (χ1n) is 9.33. The van der Waals surface area contributed by atoms with Gasteiger partial charge < -0.3 is 4.52 Å². The highest BCUT2D eigenvalue weighted by molar-refractivity contribution is 5.66. The molecule has 3 aromatic heterocycles. The summed E-state index contributed by atoms with van der Waals surface area (Å²) >= 11 is 0. The van der Waals surface area contributed by atoms with Crippen molar-refractivity contribution in [2.75, 3.05) is 0 Å². The van der Waals surface area contributed by atoms with E-state index in [1.165, 1.54) is 6.07 Å². The lowest BCUT2D eigenvalue weighted by Gasteiger charge is -2.10. The van der Waals surface area contributed by atoms with Gasteiger partial charge in [-0.1, -0.05) is 65.3 Å². The van der Waals surface area contributed by atoms with Gasteiger partial charge in [0, 0.05) is 17.2 Å². The number of nitrogens with zero attached hydrogens (tertiary/aromatic N) is 5. The Morgan fingerprint density at radius 1 is 0.839 bits per heavy atom. The van der Waals surface area contributed by atoms with E-state index in [0.29, 0.717) is 11.4 Å². The van der Waals surface area contributed by atoms with E-state index < -0.39 is 11.9 Å². The lowest BCUT2D eigenvalue weighted by molar-refractivity contribution is -0.142. The molecule has 0 N–H and O–H groups in total. The van der Waals surface area contributed by atoms with Crippen molar-refractivity contribution in [3.63, 3.8) is 0 Å². The molecule has 0 aliphatic heterocycles. The molecule has 0 fully saturated rings. The minimum atomic E-state index is -4.63. The van der Waals surface area contributed by atoms with E-state index in [1.807, 2.05) is 31.2 Å². The van der Waals surface area contributed by atoms with Gasteiger partial charge in [0.1, 0.15) is 0 Å². The van der Waals surface area contributed by atoms with Gasteiger partial charge in [-0.3, -0.25) is 0 Å². The first-order valence-corrected chi connectivity index (χ1v) is 9.33. The van der Waals surface area contributed by atoms with Gasteiger partial charge in [0.2, 0.25) is 5.82 Å². The number of benzene rings is 2. The zero-order chi connectivity index (χ0) is 21.6. The Balaban J connectivity index is 1.62. The summed E-state index contributed by atoms with van der Waals surface area (Å²) in [5.41, 5.74) is 1.75. The second-order valence-corrected chi connectivity index (χ2v) is 6.98. The quantitative estimate of drug-likeness (QED) is 0.388. The highest BCUT2D eigenvalue weighted by Gasteiger charge is 2.35. The molecule has 0 spiro atoms. The monoisotopic (exact) mass is 421 g/mol. The zero-order valence-corrected chi connectivity index (χ0v) is 16.1. The minimum absolute atomic E-state index is 0.00969. The van der Waals surface area contributed by atoms with Crippen molar-refractivity contribution in [2.24, 2.45) is 0 Å². The van der Waals surface area contributed by atoms with E-state index in [0.717, 1.165) is 21.7 Å². The standard InChI is InChI=1S/C22H14F3N5O/c1-13-7-9-15(10-8-13)20-27-21(31-29-20)17-12-19-26-16(14-5-3-2-4-6-14)11-18(22(23,24)25)30(19)28-17/h2-12H,1H3. The number of hydrogen-bond acceptors (Lipinski definition) is 5. The highest BCUT2D eigenvalue weighted by atomic mass is 19.4. The van der Waals surface area contributed by atoms with Gasteiger partial charge in [0.25, 0.3) is 5.89 Å². The molecule has 0 amide bonds. The van der Waals surface area contributed by atoms with Crippen molar-refractivity contribution < 1.29 is 17.7 Å². The maximum absolute atomic E-state index is 13.7. The van der Waals surface area contributed by atoms with Crippen LogP contribution in [0.2, 0.25) is 0 Å². The number of rotatable bonds is 3. The van der Waals surface area contributed by atoms with Crippen LogP contribution in [0.15, 0.2) is 71.3 Å². The summed E-state index contributed by atoms with van der Waals surface area (Å²) in [6.45, 7) is 1.96. The van der Waals surface area contributed by atoms with Gasteiger partial charge in [0.05, 0.1) is 5.69 Å². The molecule has 3 heterocycles. The van der Waals surface area contributed by atoms with Crippen LogP contribution in [0.5, 0.6) is 0 Å². The molecule has 5 aromatic rings. The van der Waals surface area contributed by atoms with Crippen LogP contribution in [-0.4, -0.2) is 24.7 Å². The van der Waals surface area contributed by atoms with Crippen molar-refractivity contribution in [3.8, 4) is 34.2 Å². The molecular weight excluding hydrogens is 407 g/mol. The molecule has 0 saturated carbocycles. The van der Waals surface area contributed by atoms with Crippen molar-refractivity contribution >= 4 is 5.65 Å². The molecule has 0 aliphatic rings. The first kappa shape index (κ1) is 19.0. The molecule has 0 aliphatic carbocycles. The van der Waals surface area contributed by atoms with Crippen LogP contribution < -0.4 is 0 Å². The summed E-state index contributed by atoms with van der Waals surface area (Å²) < 4.78 is 47.2. The van der Waals surface area contributed by atoms with E-state index in [1.54, 1.807) is 30.3 Å². The molecule has 5 rings (SSSR count). The van der Waals surface area contributed by atoms with Crippen LogP contribution in [0, 0.1) is 6.92 Å². The lowest BCUT2D eigenvalue weighted by Crippen LogP contribution is -2.13. The number of aryl methyl sites for hydroxylation is 1. The fourth-order valence-electron chi connectivity index (χ4n) is 3.19. The molecule has 0 unspecified atom stereocenters. The number of fused-ring (bicyclic) bond motifs is 1. The number of halogens is 3. The second-order valence-electron chi connectivity index (χ2n) is 6.98. The second kappa shape index (κ2) is 7.05. The van der Waals surface area contributed by atoms with Crippen LogP contribution in [0.25, 0.3) is 39.9 Å². The third-order valence-electron chi connectivity index (χ3n) is 4.74. The summed E-state index contributed by atoms with van der Waals surface area (Å²) in [5.74, 6) is 0.330. The van der Waals surface area contributed by atoms with Gasteiger partial charge in [-0.2, -0.15) is 23.3 Å².